The normalized spacial score (nSPS) is 23.7. The molecule has 1 aromatic rings. The van der Waals surface area contributed by atoms with Crippen molar-refractivity contribution in [3.8, 4) is 5.75 Å². The van der Waals surface area contributed by atoms with Crippen LogP contribution in [0.5, 0.6) is 5.75 Å². The van der Waals surface area contributed by atoms with E-state index in [0.717, 1.165) is 12.8 Å². The summed E-state index contributed by atoms with van der Waals surface area (Å²) in [4.78, 5) is 12.0. The summed E-state index contributed by atoms with van der Waals surface area (Å²) < 4.78 is 5.42. The van der Waals surface area contributed by atoms with Gasteiger partial charge in [0, 0.05) is 18.2 Å². The third-order valence-electron chi connectivity index (χ3n) is 3.03. The molecular weight excluding hydrogens is 254 g/mol. The van der Waals surface area contributed by atoms with Crippen molar-refractivity contribution in [2.45, 2.75) is 31.9 Å². The van der Waals surface area contributed by atoms with Gasteiger partial charge in [-0.25, -0.2) is 0 Å². The highest BCUT2D eigenvalue weighted by molar-refractivity contribution is 6.32. The molecule has 0 aromatic heterocycles. The molecule has 1 aliphatic heterocycles. The van der Waals surface area contributed by atoms with E-state index < -0.39 is 0 Å². The number of benzene rings is 1. The van der Waals surface area contributed by atoms with E-state index in [1.807, 2.05) is 6.92 Å². The van der Waals surface area contributed by atoms with Crippen LogP contribution in [0.3, 0.4) is 0 Å². The minimum absolute atomic E-state index is 0.0205. The minimum atomic E-state index is -0.170. The van der Waals surface area contributed by atoms with Crippen molar-refractivity contribution < 1.29 is 14.6 Å². The molecule has 0 spiro atoms. The zero-order valence-corrected chi connectivity index (χ0v) is 10.9. The molecule has 0 saturated carbocycles. The molecule has 5 heteroatoms. The molecule has 1 fully saturated rings. The maximum absolute atomic E-state index is 12.0. The average Bonchev–Trinajstić information content (AvgIpc) is 2.32. The highest BCUT2D eigenvalue weighted by Crippen LogP contribution is 2.23. The van der Waals surface area contributed by atoms with Gasteiger partial charge in [-0.1, -0.05) is 11.6 Å². The first-order valence-electron chi connectivity index (χ1n) is 5.97. The molecular formula is C13H16ClNO3. The van der Waals surface area contributed by atoms with Crippen molar-refractivity contribution in [3.05, 3.63) is 28.8 Å². The number of carbonyl (C=O) groups excluding carboxylic acids is 1. The number of phenols is 1. The van der Waals surface area contributed by atoms with Gasteiger partial charge in [0.05, 0.1) is 11.1 Å². The Labute approximate surface area is 111 Å². The largest absolute Gasteiger partial charge is 0.506 e. The molecule has 1 aromatic carbocycles. The lowest BCUT2D eigenvalue weighted by Crippen LogP contribution is -2.41. The topological polar surface area (TPSA) is 58.6 Å². The van der Waals surface area contributed by atoms with Crippen LogP contribution in [0.15, 0.2) is 18.2 Å². The van der Waals surface area contributed by atoms with Crippen molar-refractivity contribution >= 4 is 17.5 Å². The molecule has 2 rings (SSSR count). The number of hydrogen-bond donors (Lipinski definition) is 2. The van der Waals surface area contributed by atoms with Gasteiger partial charge in [0.2, 0.25) is 0 Å². The number of phenolic OH excluding ortho intramolecular Hbond substituents is 1. The molecule has 2 unspecified atom stereocenters. The van der Waals surface area contributed by atoms with Gasteiger partial charge in [0.1, 0.15) is 5.75 Å². The van der Waals surface area contributed by atoms with E-state index in [0.29, 0.717) is 12.2 Å². The molecule has 0 radical (unpaired) electrons. The molecule has 18 heavy (non-hydrogen) atoms. The van der Waals surface area contributed by atoms with Crippen LogP contribution in [-0.4, -0.2) is 29.8 Å². The SMILES string of the molecule is CC1CC(NC(=O)c2ccc(O)c(Cl)c2)CCO1. The van der Waals surface area contributed by atoms with E-state index in [9.17, 15) is 9.90 Å². The van der Waals surface area contributed by atoms with Gasteiger partial charge in [0.25, 0.3) is 5.91 Å². The van der Waals surface area contributed by atoms with Crippen molar-refractivity contribution in [3.63, 3.8) is 0 Å². The van der Waals surface area contributed by atoms with Crippen molar-refractivity contribution in [2.24, 2.45) is 0 Å². The van der Waals surface area contributed by atoms with Crippen LogP contribution in [0.25, 0.3) is 0 Å². The summed E-state index contributed by atoms with van der Waals surface area (Å²) in [5, 5.41) is 12.4. The quantitative estimate of drug-likeness (QED) is 0.866. The third kappa shape index (κ3) is 3.15. The summed E-state index contributed by atoms with van der Waals surface area (Å²) in [6, 6.07) is 4.58. The number of rotatable bonds is 2. The Balaban J connectivity index is 2.00. The van der Waals surface area contributed by atoms with Gasteiger partial charge in [-0.05, 0) is 38.0 Å². The monoisotopic (exact) mass is 269 g/mol. The molecule has 1 amide bonds. The highest BCUT2D eigenvalue weighted by atomic mass is 35.5. The van der Waals surface area contributed by atoms with E-state index in [2.05, 4.69) is 5.32 Å². The van der Waals surface area contributed by atoms with Gasteiger partial charge in [-0.3, -0.25) is 4.79 Å². The van der Waals surface area contributed by atoms with E-state index in [1.54, 1.807) is 6.07 Å². The Kier molecular flexibility index (Phi) is 4.09. The summed E-state index contributed by atoms with van der Waals surface area (Å²) in [7, 11) is 0. The fourth-order valence-corrected chi connectivity index (χ4v) is 2.23. The van der Waals surface area contributed by atoms with Gasteiger partial charge in [0.15, 0.2) is 0 Å². The van der Waals surface area contributed by atoms with E-state index in [-0.39, 0.29) is 28.8 Å². The predicted octanol–water partition coefficient (Wildman–Crippen LogP) is 2.34. The number of hydrogen-bond acceptors (Lipinski definition) is 3. The first-order valence-corrected chi connectivity index (χ1v) is 6.35. The third-order valence-corrected chi connectivity index (χ3v) is 3.33. The van der Waals surface area contributed by atoms with Crippen LogP contribution in [0.4, 0.5) is 0 Å². The Morgan fingerprint density at radius 1 is 1.56 bits per heavy atom. The maximum atomic E-state index is 12.0. The predicted molar refractivity (Wildman–Crippen MR) is 69.0 cm³/mol. The zero-order chi connectivity index (χ0) is 13.1. The first kappa shape index (κ1) is 13.2. The summed E-state index contributed by atoms with van der Waals surface area (Å²) in [5.74, 6) is -0.191. The molecule has 1 saturated heterocycles. The van der Waals surface area contributed by atoms with Crippen LogP contribution < -0.4 is 5.32 Å². The standard InChI is InChI=1S/C13H16ClNO3/c1-8-6-10(4-5-18-8)15-13(17)9-2-3-12(16)11(14)7-9/h2-3,7-8,10,16H,4-6H2,1H3,(H,15,17). The van der Waals surface area contributed by atoms with E-state index in [1.165, 1.54) is 12.1 Å². The summed E-state index contributed by atoms with van der Waals surface area (Å²) in [6.07, 6.45) is 1.81. The zero-order valence-electron chi connectivity index (χ0n) is 10.1. The molecule has 98 valence electrons. The second-order valence-corrected chi connectivity index (χ2v) is 4.95. The van der Waals surface area contributed by atoms with Gasteiger partial charge >= 0.3 is 0 Å². The Morgan fingerprint density at radius 3 is 3.00 bits per heavy atom. The van der Waals surface area contributed by atoms with Gasteiger partial charge in [-0.2, -0.15) is 0 Å². The summed E-state index contributed by atoms with van der Waals surface area (Å²) >= 11 is 5.77. The van der Waals surface area contributed by atoms with Crippen LogP contribution in [0.2, 0.25) is 5.02 Å². The van der Waals surface area contributed by atoms with Crippen molar-refractivity contribution in [1.29, 1.82) is 0 Å². The molecule has 4 nitrogen and oxygen atoms in total. The second-order valence-electron chi connectivity index (χ2n) is 4.54. The molecule has 2 atom stereocenters. The molecule has 0 aliphatic carbocycles. The molecule has 1 heterocycles. The minimum Gasteiger partial charge on any atom is -0.506 e. The smallest absolute Gasteiger partial charge is 0.251 e. The number of ether oxygens (including phenoxy) is 1. The number of amides is 1. The van der Waals surface area contributed by atoms with Gasteiger partial charge in [-0.15, -0.1) is 0 Å². The van der Waals surface area contributed by atoms with E-state index in [4.69, 9.17) is 16.3 Å². The van der Waals surface area contributed by atoms with Crippen LogP contribution in [0, 0.1) is 0 Å². The van der Waals surface area contributed by atoms with Gasteiger partial charge < -0.3 is 15.2 Å². The Hall–Kier alpha value is -1.26. The number of nitrogens with one attached hydrogen (secondary N) is 1. The molecule has 2 N–H and O–H groups in total. The maximum Gasteiger partial charge on any atom is 0.251 e. The first-order chi connectivity index (χ1) is 8.56. The summed E-state index contributed by atoms with van der Waals surface area (Å²) in [6.45, 7) is 2.66. The fourth-order valence-electron chi connectivity index (χ4n) is 2.05. The molecule has 1 aliphatic rings. The average molecular weight is 270 g/mol. The number of aromatic hydroxyl groups is 1. The van der Waals surface area contributed by atoms with Crippen LogP contribution in [0.1, 0.15) is 30.1 Å². The van der Waals surface area contributed by atoms with Crippen LogP contribution >= 0.6 is 11.6 Å². The summed E-state index contributed by atoms with van der Waals surface area (Å²) in [5.41, 5.74) is 0.456. The number of carbonyl (C=O) groups is 1. The lowest BCUT2D eigenvalue weighted by molar-refractivity contribution is 0.0136. The number of halogens is 1. The highest BCUT2D eigenvalue weighted by Gasteiger charge is 2.21. The lowest BCUT2D eigenvalue weighted by Gasteiger charge is -2.27. The second kappa shape index (κ2) is 5.59. The van der Waals surface area contributed by atoms with Crippen molar-refractivity contribution in [1.82, 2.24) is 5.32 Å². The molecule has 0 bridgehead atoms. The Bertz CT molecular complexity index is 450. The fraction of sp³-hybridized carbons (Fsp3) is 0.462. The Morgan fingerprint density at radius 2 is 2.33 bits per heavy atom. The van der Waals surface area contributed by atoms with E-state index >= 15 is 0 Å². The van der Waals surface area contributed by atoms with Crippen molar-refractivity contribution in [2.75, 3.05) is 6.61 Å². The lowest BCUT2D eigenvalue weighted by atomic mass is 10.0. The van der Waals surface area contributed by atoms with Crippen LogP contribution in [-0.2, 0) is 4.74 Å².